The van der Waals surface area contributed by atoms with Gasteiger partial charge in [-0.15, -0.1) is 0 Å². The van der Waals surface area contributed by atoms with Crippen LogP contribution in [0.1, 0.15) is 25.7 Å². The molecule has 0 aromatic rings. The molecule has 0 aliphatic carbocycles. The van der Waals surface area contributed by atoms with Crippen LogP contribution >= 0.6 is 0 Å². The van der Waals surface area contributed by atoms with Crippen molar-refractivity contribution < 1.29 is 5.11 Å². The van der Waals surface area contributed by atoms with Gasteiger partial charge in [-0.05, 0) is 45.3 Å². The van der Waals surface area contributed by atoms with E-state index in [2.05, 4.69) is 10.2 Å². The maximum atomic E-state index is 10.2. The Morgan fingerprint density at radius 1 is 1.31 bits per heavy atom. The van der Waals surface area contributed by atoms with E-state index in [0.29, 0.717) is 0 Å². The van der Waals surface area contributed by atoms with E-state index < -0.39 is 5.60 Å². The highest BCUT2D eigenvalue weighted by atomic mass is 16.3. The number of aliphatic hydroxyl groups is 1. The van der Waals surface area contributed by atoms with Gasteiger partial charge in [0.1, 0.15) is 0 Å². The van der Waals surface area contributed by atoms with Gasteiger partial charge in [0.25, 0.3) is 0 Å². The number of piperidine rings is 1. The van der Waals surface area contributed by atoms with Gasteiger partial charge in [0.15, 0.2) is 0 Å². The van der Waals surface area contributed by atoms with Crippen LogP contribution in [0.5, 0.6) is 0 Å². The highest BCUT2D eigenvalue weighted by molar-refractivity contribution is 4.86. The summed E-state index contributed by atoms with van der Waals surface area (Å²) in [6, 6.07) is 0. The SMILES string of the molecule is OC1(CCN2CCC2)CCCNC1. The molecule has 76 valence electrons. The van der Waals surface area contributed by atoms with Gasteiger partial charge in [-0.25, -0.2) is 0 Å². The largest absolute Gasteiger partial charge is 0.389 e. The Morgan fingerprint density at radius 3 is 2.69 bits per heavy atom. The van der Waals surface area contributed by atoms with E-state index >= 15 is 0 Å². The molecular weight excluding hydrogens is 164 g/mol. The molecule has 0 bridgehead atoms. The van der Waals surface area contributed by atoms with Crippen LogP contribution in [0, 0.1) is 0 Å². The van der Waals surface area contributed by atoms with E-state index in [4.69, 9.17) is 0 Å². The molecular formula is C10H20N2O. The molecule has 2 rings (SSSR count). The lowest BCUT2D eigenvalue weighted by Crippen LogP contribution is -2.49. The number of nitrogens with zero attached hydrogens (tertiary/aromatic N) is 1. The Labute approximate surface area is 80.1 Å². The normalized spacial score (nSPS) is 35.8. The van der Waals surface area contributed by atoms with Gasteiger partial charge in [-0.3, -0.25) is 0 Å². The molecule has 3 heteroatoms. The van der Waals surface area contributed by atoms with Crippen molar-refractivity contribution in [3.05, 3.63) is 0 Å². The van der Waals surface area contributed by atoms with Crippen molar-refractivity contribution in [3.8, 4) is 0 Å². The van der Waals surface area contributed by atoms with Crippen molar-refractivity contribution in [1.82, 2.24) is 10.2 Å². The molecule has 2 fully saturated rings. The van der Waals surface area contributed by atoms with Crippen LogP contribution in [0.4, 0.5) is 0 Å². The van der Waals surface area contributed by atoms with E-state index in [-0.39, 0.29) is 0 Å². The Morgan fingerprint density at radius 2 is 2.15 bits per heavy atom. The van der Waals surface area contributed by atoms with E-state index in [0.717, 1.165) is 38.9 Å². The number of β-amino-alcohol motifs (C(OH)–C–C–N with tert-alkyl or cyclic N) is 1. The second-order valence-electron chi connectivity index (χ2n) is 4.45. The summed E-state index contributed by atoms with van der Waals surface area (Å²) in [4.78, 5) is 2.42. The van der Waals surface area contributed by atoms with Gasteiger partial charge in [-0.2, -0.15) is 0 Å². The van der Waals surface area contributed by atoms with Crippen LogP contribution in [-0.2, 0) is 0 Å². The number of hydrogen-bond acceptors (Lipinski definition) is 3. The zero-order valence-corrected chi connectivity index (χ0v) is 8.26. The Balaban J connectivity index is 1.71. The monoisotopic (exact) mass is 184 g/mol. The van der Waals surface area contributed by atoms with Gasteiger partial charge in [0, 0.05) is 13.1 Å². The summed E-state index contributed by atoms with van der Waals surface area (Å²) < 4.78 is 0. The average molecular weight is 184 g/mol. The van der Waals surface area contributed by atoms with Crippen molar-refractivity contribution in [1.29, 1.82) is 0 Å². The van der Waals surface area contributed by atoms with Gasteiger partial charge >= 0.3 is 0 Å². The lowest BCUT2D eigenvalue weighted by atomic mass is 9.90. The smallest absolute Gasteiger partial charge is 0.0784 e. The lowest BCUT2D eigenvalue weighted by molar-refractivity contribution is -0.00484. The fourth-order valence-electron chi connectivity index (χ4n) is 2.14. The summed E-state index contributed by atoms with van der Waals surface area (Å²) in [6.45, 7) is 5.43. The Bertz CT molecular complexity index is 162. The zero-order chi connectivity index (χ0) is 9.15. The van der Waals surface area contributed by atoms with Crippen LogP contribution in [0.25, 0.3) is 0 Å². The molecule has 0 saturated carbocycles. The van der Waals surface area contributed by atoms with Gasteiger partial charge < -0.3 is 15.3 Å². The van der Waals surface area contributed by atoms with Crippen LogP contribution in [0.2, 0.25) is 0 Å². The minimum atomic E-state index is -0.409. The van der Waals surface area contributed by atoms with Crippen LogP contribution in [-0.4, -0.2) is 48.3 Å². The van der Waals surface area contributed by atoms with E-state index in [1.807, 2.05) is 0 Å². The minimum Gasteiger partial charge on any atom is -0.389 e. The molecule has 2 saturated heterocycles. The highest BCUT2D eigenvalue weighted by Crippen LogP contribution is 2.21. The molecule has 2 aliphatic heterocycles. The molecule has 0 aromatic carbocycles. The first kappa shape index (κ1) is 9.44. The summed E-state index contributed by atoms with van der Waals surface area (Å²) in [5.41, 5.74) is -0.409. The average Bonchev–Trinajstić information content (AvgIpc) is 2.02. The van der Waals surface area contributed by atoms with Crippen LogP contribution < -0.4 is 5.32 Å². The van der Waals surface area contributed by atoms with Crippen LogP contribution in [0.3, 0.4) is 0 Å². The summed E-state index contributed by atoms with van der Waals surface area (Å²) in [6.07, 6.45) is 4.39. The minimum absolute atomic E-state index is 0.409. The second kappa shape index (κ2) is 3.95. The number of rotatable bonds is 3. The number of hydrogen-bond donors (Lipinski definition) is 2. The van der Waals surface area contributed by atoms with Gasteiger partial charge in [0.05, 0.1) is 5.60 Å². The molecule has 3 nitrogen and oxygen atoms in total. The Kier molecular flexibility index (Phi) is 2.86. The maximum absolute atomic E-state index is 10.2. The van der Waals surface area contributed by atoms with Gasteiger partial charge in [0.2, 0.25) is 0 Å². The fraction of sp³-hybridized carbons (Fsp3) is 1.00. The second-order valence-corrected chi connectivity index (χ2v) is 4.45. The van der Waals surface area contributed by atoms with Crippen LogP contribution in [0.15, 0.2) is 0 Å². The third-order valence-corrected chi connectivity index (χ3v) is 3.29. The summed E-state index contributed by atoms with van der Waals surface area (Å²) in [5, 5.41) is 13.4. The molecule has 2 heterocycles. The predicted octanol–water partition coefficient (Wildman–Crippen LogP) is 0.197. The molecule has 0 aromatic heterocycles. The van der Waals surface area contributed by atoms with Crippen molar-refractivity contribution in [2.75, 3.05) is 32.7 Å². The molecule has 0 amide bonds. The van der Waals surface area contributed by atoms with Crippen molar-refractivity contribution in [2.45, 2.75) is 31.3 Å². The molecule has 1 atom stereocenters. The third kappa shape index (κ3) is 2.42. The molecule has 2 aliphatic rings. The van der Waals surface area contributed by atoms with Crippen molar-refractivity contribution >= 4 is 0 Å². The first-order chi connectivity index (χ1) is 6.29. The molecule has 1 unspecified atom stereocenters. The third-order valence-electron chi connectivity index (χ3n) is 3.29. The van der Waals surface area contributed by atoms with E-state index in [9.17, 15) is 5.11 Å². The lowest BCUT2D eigenvalue weighted by Gasteiger charge is -2.37. The predicted molar refractivity (Wildman–Crippen MR) is 52.7 cm³/mol. The fourth-order valence-corrected chi connectivity index (χ4v) is 2.14. The molecule has 0 spiro atoms. The molecule has 13 heavy (non-hydrogen) atoms. The van der Waals surface area contributed by atoms with E-state index in [1.165, 1.54) is 19.5 Å². The highest BCUT2D eigenvalue weighted by Gasteiger charge is 2.29. The quantitative estimate of drug-likeness (QED) is 0.657. The maximum Gasteiger partial charge on any atom is 0.0784 e. The van der Waals surface area contributed by atoms with E-state index in [1.54, 1.807) is 0 Å². The molecule has 0 radical (unpaired) electrons. The summed E-state index contributed by atoms with van der Waals surface area (Å²) in [7, 11) is 0. The number of likely N-dealkylation sites (tertiary alicyclic amines) is 1. The van der Waals surface area contributed by atoms with Crippen molar-refractivity contribution in [3.63, 3.8) is 0 Å². The van der Waals surface area contributed by atoms with Gasteiger partial charge in [-0.1, -0.05) is 0 Å². The summed E-state index contributed by atoms with van der Waals surface area (Å²) in [5.74, 6) is 0. The first-order valence-corrected chi connectivity index (χ1v) is 5.44. The standard InChI is InChI=1S/C10H20N2O/c13-10(3-1-5-11-9-10)4-8-12-6-2-7-12/h11,13H,1-9H2. The molecule has 2 N–H and O–H groups in total. The first-order valence-electron chi connectivity index (χ1n) is 5.44. The Hall–Kier alpha value is -0.120. The zero-order valence-electron chi connectivity index (χ0n) is 8.26. The topological polar surface area (TPSA) is 35.5 Å². The van der Waals surface area contributed by atoms with Crippen molar-refractivity contribution in [2.24, 2.45) is 0 Å². The number of nitrogens with one attached hydrogen (secondary N) is 1. The summed E-state index contributed by atoms with van der Waals surface area (Å²) >= 11 is 0.